The quantitative estimate of drug-likeness (QED) is 0.159. The maximum atomic E-state index is 13.5. The zero-order valence-electron chi connectivity index (χ0n) is 21.5. The van der Waals surface area contributed by atoms with Crippen molar-refractivity contribution in [2.75, 3.05) is 26.4 Å². The number of phosphoric acid groups is 1. The van der Waals surface area contributed by atoms with E-state index in [2.05, 4.69) is 27.7 Å². The fourth-order valence-corrected chi connectivity index (χ4v) is 4.95. The molecule has 0 spiro atoms. The number of unbranched alkanes of at least 4 members (excludes halogenated alkanes) is 2. The first-order valence-electron chi connectivity index (χ1n) is 12.9. The lowest BCUT2D eigenvalue weighted by atomic mass is 9.93. The van der Waals surface area contributed by atoms with Crippen LogP contribution in [-0.4, -0.2) is 65.2 Å². The molecule has 0 aromatic heterocycles. The van der Waals surface area contributed by atoms with E-state index in [1.165, 1.54) is 0 Å². The van der Waals surface area contributed by atoms with Gasteiger partial charge in [-0.05, 0) is 31.1 Å². The maximum Gasteiger partial charge on any atom is 0.474 e. The van der Waals surface area contributed by atoms with E-state index in [0.717, 1.165) is 51.4 Å². The predicted octanol–water partition coefficient (Wildman–Crippen LogP) is 4.68. The van der Waals surface area contributed by atoms with Gasteiger partial charge in [-0.25, -0.2) is 4.57 Å². The van der Waals surface area contributed by atoms with E-state index in [9.17, 15) is 19.9 Å². The van der Waals surface area contributed by atoms with Gasteiger partial charge in [0.05, 0.1) is 32.5 Å². The van der Waals surface area contributed by atoms with Gasteiger partial charge in [0, 0.05) is 5.92 Å². The highest BCUT2D eigenvalue weighted by Crippen LogP contribution is 2.51. The summed E-state index contributed by atoms with van der Waals surface area (Å²) in [5.74, 6) is -0.117. The first-order valence-corrected chi connectivity index (χ1v) is 14.4. The van der Waals surface area contributed by atoms with E-state index >= 15 is 0 Å². The van der Waals surface area contributed by atoms with E-state index in [1.54, 1.807) is 6.92 Å². The number of rotatable bonds is 22. The van der Waals surface area contributed by atoms with Gasteiger partial charge in [0.2, 0.25) is 0 Å². The fourth-order valence-electron chi connectivity index (χ4n) is 3.56. The van der Waals surface area contributed by atoms with Crippen LogP contribution in [0.2, 0.25) is 0 Å². The van der Waals surface area contributed by atoms with Crippen LogP contribution in [-0.2, 0) is 18.1 Å². The molecule has 0 saturated heterocycles. The van der Waals surface area contributed by atoms with Crippen LogP contribution in [0.25, 0.3) is 0 Å². The van der Waals surface area contributed by atoms with Crippen LogP contribution in [0.4, 0.5) is 0 Å². The predicted molar refractivity (Wildman–Crippen MR) is 131 cm³/mol. The maximum absolute atomic E-state index is 13.5. The zero-order valence-corrected chi connectivity index (χ0v) is 22.4. The second-order valence-corrected chi connectivity index (χ2v) is 10.7. The molecule has 200 valence electrons. The Balaban J connectivity index is 5.26. The molecule has 6 atom stereocenters. The van der Waals surface area contributed by atoms with E-state index < -0.39 is 38.7 Å². The van der Waals surface area contributed by atoms with Crippen LogP contribution in [0.3, 0.4) is 0 Å². The standard InChI is InChI=1S/C24H51O8P/c1-6-11-13-19(8-3)16-30-33(29,31-17-20(9-4)14-12-7-2)32-18-21(10-5)23(27)24(28)22(26)15-25/h19-28H,6-18H2,1-5H3. The Bertz CT molecular complexity index is 483. The molecule has 8 nitrogen and oxygen atoms in total. The molecule has 0 aliphatic rings. The molecule has 0 heterocycles. The highest BCUT2D eigenvalue weighted by atomic mass is 31.2. The van der Waals surface area contributed by atoms with Crippen molar-refractivity contribution in [2.24, 2.45) is 17.8 Å². The third-order valence-corrected chi connectivity index (χ3v) is 7.80. The Morgan fingerprint density at radius 3 is 1.52 bits per heavy atom. The summed E-state index contributed by atoms with van der Waals surface area (Å²) < 4.78 is 30.7. The summed E-state index contributed by atoms with van der Waals surface area (Å²) in [6.45, 7) is 9.90. The van der Waals surface area contributed by atoms with E-state index in [4.69, 9.17) is 18.7 Å². The summed E-state index contributed by atoms with van der Waals surface area (Å²) in [6, 6.07) is 0. The van der Waals surface area contributed by atoms with Gasteiger partial charge in [0.25, 0.3) is 0 Å². The molecule has 6 unspecified atom stereocenters. The van der Waals surface area contributed by atoms with E-state index in [-0.39, 0.29) is 31.7 Å². The minimum Gasteiger partial charge on any atom is -0.394 e. The Morgan fingerprint density at radius 1 is 0.697 bits per heavy atom. The first kappa shape index (κ1) is 33.0. The van der Waals surface area contributed by atoms with Crippen LogP contribution in [0.5, 0.6) is 0 Å². The monoisotopic (exact) mass is 498 g/mol. The molecule has 0 aromatic rings. The van der Waals surface area contributed by atoms with Gasteiger partial charge in [0.1, 0.15) is 12.2 Å². The second kappa shape index (κ2) is 19.2. The van der Waals surface area contributed by atoms with Gasteiger partial charge in [-0.2, -0.15) is 0 Å². The molecule has 33 heavy (non-hydrogen) atoms. The van der Waals surface area contributed by atoms with Crippen molar-refractivity contribution in [3.63, 3.8) is 0 Å². The Morgan fingerprint density at radius 2 is 1.15 bits per heavy atom. The topological polar surface area (TPSA) is 126 Å². The van der Waals surface area contributed by atoms with Gasteiger partial charge in [0.15, 0.2) is 0 Å². The summed E-state index contributed by atoms with van der Waals surface area (Å²) in [4.78, 5) is 0. The van der Waals surface area contributed by atoms with Crippen molar-refractivity contribution in [1.29, 1.82) is 0 Å². The number of phosphoric ester groups is 1. The normalized spacial score (nSPS) is 19.4. The van der Waals surface area contributed by atoms with Gasteiger partial charge in [-0.15, -0.1) is 0 Å². The second-order valence-electron chi connectivity index (χ2n) is 9.07. The smallest absolute Gasteiger partial charge is 0.394 e. The molecule has 0 radical (unpaired) electrons. The van der Waals surface area contributed by atoms with Crippen LogP contribution in [0.1, 0.15) is 92.4 Å². The van der Waals surface area contributed by atoms with E-state index in [1.807, 2.05) is 0 Å². The molecule has 4 N–H and O–H groups in total. The largest absolute Gasteiger partial charge is 0.474 e. The van der Waals surface area contributed by atoms with Crippen molar-refractivity contribution in [3.05, 3.63) is 0 Å². The van der Waals surface area contributed by atoms with Crippen LogP contribution in [0.15, 0.2) is 0 Å². The number of hydrogen-bond acceptors (Lipinski definition) is 8. The van der Waals surface area contributed by atoms with Crippen molar-refractivity contribution in [1.82, 2.24) is 0 Å². The number of aliphatic hydroxyl groups is 4. The molecular weight excluding hydrogens is 447 g/mol. The van der Waals surface area contributed by atoms with Gasteiger partial charge >= 0.3 is 7.82 Å². The fraction of sp³-hybridized carbons (Fsp3) is 1.00. The minimum atomic E-state index is -3.89. The summed E-state index contributed by atoms with van der Waals surface area (Å²) >= 11 is 0. The third kappa shape index (κ3) is 13.6. The lowest BCUT2D eigenvalue weighted by Crippen LogP contribution is -2.44. The Hall–Kier alpha value is -0.0500. The first-order chi connectivity index (χ1) is 15.7. The molecular formula is C24H51O8P. The molecule has 9 heteroatoms. The molecule has 0 aliphatic heterocycles. The molecule has 0 fully saturated rings. The van der Waals surface area contributed by atoms with Crippen LogP contribution >= 0.6 is 7.82 Å². The van der Waals surface area contributed by atoms with Crippen molar-refractivity contribution < 1.29 is 38.6 Å². The van der Waals surface area contributed by atoms with Crippen molar-refractivity contribution in [2.45, 2.75) is 111 Å². The summed E-state index contributed by atoms with van der Waals surface area (Å²) in [5, 5.41) is 39.2. The number of aliphatic hydroxyl groups excluding tert-OH is 4. The lowest BCUT2D eigenvalue weighted by molar-refractivity contribution is -0.101. The average Bonchev–Trinajstić information content (AvgIpc) is 2.83. The molecule has 0 aromatic carbocycles. The molecule has 0 amide bonds. The highest BCUT2D eigenvalue weighted by molar-refractivity contribution is 7.48. The summed E-state index contributed by atoms with van der Waals surface area (Å²) in [6.07, 6.45) is 4.07. The third-order valence-electron chi connectivity index (χ3n) is 6.41. The number of hydrogen-bond donors (Lipinski definition) is 4. The Kier molecular flexibility index (Phi) is 19.1. The minimum absolute atomic E-state index is 0.165. The van der Waals surface area contributed by atoms with Crippen molar-refractivity contribution >= 4 is 7.82 Å². The highest BCUT2D eigenvalue weighted by Gasteiger charge is 2.35. The average molecular weight is 499 g/mol. The lowest BCUT2D eigenvalue weighted by Gasteiger charge is -2.29. The Labute approximate surface area is 201 Å². The summed E-state index contributed by atoms with van der Waals surface area (Å²) in [5.41, 5.74) is 0. The van der Waals surface area contributed by atoms with Crippen molar-refractivity contribution in [3.8, 4) is 0 Å². The molecule has 0 bridgehead atoms. The summed E-state index contributed by atoms with van der Waals surface area (Å²) in [7, 11) is -3.89. The van der Waals surface area contributed by atoms with E-state index in [0.29, 0.717) is 6.42 Å². The van der Waals surface area contributed by atoms with Gasteiger partial charge in [-0.3, -0.25) is 13.6 Å². The zero-order chi connectivity index (χ0) is 25.3. The van der Waals surface area contributed by atoms with Gasteiger partial charge in [-0.1, -0.05) is 73.1 Å². The molecule has 0 saturated carbocycles. The van der Waals surface area contributed by atoms with Crippen LogP contribution < -0.4 is 0 Å². The molecule has 0 rings (SSSR count). The van der Waals surface area contributed by atoms with Crippen LogP contribution in [0, 0.1) is 17.8 Å². The van der Waals surface area contributed by atoms with Gasteiger partial charge < -0.3 is 20.4 Å². The SMILES string of the molecule is CCCCC(CC)COP(=O)(OCC(CC)CCCC)OCC(CC)C(O)C(O)C(O)CO. The molecule has 0 aliphatic carbocycles.